The van der Waals surface area contributed by atoms with E-state index >= 15 is 0 Å². The number of halogens is 1. The number of aliphatic hydroxyl groups excluding tert-OH is 1. The zero-order valence-corrected chi connectivity index (χ0v) is 19.4. The first kappa shape index (κ1) is 21.6. The Morgan fingerprint density at radius 1 is 1.27 bits per heavy atom. The molecule has 0 bridgehead atoms. The molecule has 0 radical (unpaired) electrons. The van der Waals surface area contributed by atoms with Crippen molar-refractivity contribution in [3.8, 4) is 10.8 Å². The number of piperazine rings is 1. The standard InChI is InChI=1S/C22H28ClN3O3S/c1-14-5-6-16-17(11-14)29-20-15(12-18(23)30-20)19(24-16)26-9-7-25(8-10-26)13-22(2,3)21(27)28-4/h5-6,11-12,21,27H,7-10,13H2,1-4H3. The molecule has 3 heterocycles. The van der Waals surface area contributed by atoms with Crippen LogP contribution in [0.5, 0.6) is 10.8 Å². The summed E-state index contributed by atoms with van der Waals surface area (Å²) in [7, 11) is 1.54. The number of benzene rings is 1. The van der Waals surface area contributed by atoms with Crippen LogP contribution in [0.1, 0.15) is 25.0 Å². The third-order valence-corrected chi connectivity index (χ3v) is 6.79. The van der Waals surface area contributed by atoms with Crippen LogP contribution in [0.2, 0.25) is 4.34 Å². The number of rotatable bonds is 4. The van der Waals surface area contributed by atoms with Crippen LogP contribution >= 0.6 is 22.9 Å². The average Bonchev–Trinajstić information content (AvgIpc) is 3.00. The molecule has 162 valence electrons. The summed E-state index contributed by atoms with van der Waals surface area (Å²) in [6.45, 7) is 10.3. The zero-order valence-electron chi connectivity index (χ0n) is 17.8. The van der Waals surface area contributed by atoms with Gasteiger partial charge in [0.25, 0.3) is 0 Å². The minimum atomic E-state index is -0.783. The molecule has 6 nitrogen and oxygen atoms in total. The molecule has 1 aromatic heterocycles. The molecule has 1 saturated heterocycles. The smallest absolute Gasteiger partial charge is 0.193 e. The Bertz CT molecular complexity index is 951. The van der Waals surface area contributed by atoms with Gasteiger partial charge in [-0.15, -0.1) is 0 Å². The van der Waals surface area contributed by atoms with Crippen LogP contribution < -0.4 is 4.74 Å². The molecule has 1 aromatic carbocycles. The predicted octanol–water partition coefficient (Wildman–Crippen LogP) is 4.50. The second-order valence-electron chi connectivity index (χ2n) is 8.60. The maximum absolute atomic E-state index is 10.1. The van der Waals surface area contributed by atoms with Gasteiger partial charge >= 0.3 is 0 Å². The maximum atomic E-state index is 10.1. The van der Waals surface area contributed by atoms with Gasteiger partial charge < -0.3 is 19.5 Å². The van der Waals surface area contributed by atoms with E-state index in [0.717, 1.165) is 66.2 Å². The van der Waals surface area contributed by atoms with E-state index in [1.165, 1.54) is 11.3 Å². The number of nitrogens with zero attached hydrogens (tertiary/aromatic N) is 3. The van der Waals surface area contributed by atoms with E-state index in [1.54, 1.807) is 7.11 Å². The number of aliphatic imine (C=N–C) groups is 1. The molecule has 1 unspecified atom stereocenters. The van der Waals surface area contributed by atoms with E-state index in [0.29, 0.717) is 4.34 Å². The summed E-state index contributed by atoms with van der Waals surface area (Å²) in [5, 5.41) is 10.9. The molecule has 30 heavy (non-hydrogen) atoms. The summed E-state index contributed by atoms with van der Waals surface area (Å²) in [5.41, 5.74) is 2.57. The molecule has 1 fully saturated rings. The summed E-state index contributed by atoms with van der Waals surface area (Å²) < 4.78 is 12.0. The molecule has 2 aliphatic heterocycles. The van der Waals surface area contributed by atoms with Crippen molar-refractivity contribution in [2.45, 2.75) is 27.1 Å². The van der Waals surface area contributed by atoms with Crippen molar-refractivity contribution in [2.24, 2.45) is 10.4 Å². The van der Waals surface area contributed by atoms with Crippen LogP contribution in [-0.4, -0.2) is 66.9 Å². The summed E-state index contributed by atoms with van der Waals surface area (Å²) in [6, 6.07) is 8.02. The van der Waals surface area contributed by atoms with Gasteiger partial charge in [-0.1, -0.05) is 42.9 Å². The van der Waals surface area contributed by atoms with Crippen molar-refractivity contribution < 1.29 is 14.6 Å². The van der Waals surface area contributed by atoms with E-state index in [2.05, 4.69) is 15.9 Å². The van der Waals surface area contributed by atoms with E-state index in [9.17, 15) is 5.11 Å². The Morgan fingerprint density at radius 3 is 2.70 bits per heavy atom. The molecule has 1 atom stereocenters. The van der Waals surface area contributed by atoms with Crippen molar-refractivity contribution in [3.63, 3.8) is 0 Å². The zero-order chi connectivity index (χ0) is 21.5. The van der Waals surface area contributed by atoms with Crippen molar-refractivity contribution in [1.29, 1.82) is 0 Å². The normalized spacial score (nSPS) is 18.2. The molecule has 0 amide bonds. The Kier molecular flexibility index (Phi) is 6.10. The molecule has 1 N–H and O–H groups in total. The molecule has 0 aliphatic carbocycles. The molecule has 2 aromatic rings. The number of methoxy groups -OCH3 is 1. The second-order valence-corrected chi connectivity index (χ2v) is 10.2. The minimum absolute atomic E-state index is 0.338. The van der Waals surface area contributed by atoms with Gasteiger partial charge in [-0.05, 0) is 30.7 Å². The number of amidine groups is 1. The molecule has 8 heteroatoms. The van der Waals surface area contributed by atoms with Crippen LogP contribution in [0.15, 0.2) is 29.3 Å². The lowest BCUT2D eigenvalue weighted by Crippen LogP contribution is -2.52. The van der Waals surface area contributed by atoms with Gasteiger partial charge in [0.05, 0.1) is 9.90 Å². The van der Waals surface area contributed by atoms with E-state index in [4.69, 9.17) is 26.1 Å². The quantitative estimate of drug-likeness (QED) is 0.696. The minimum Gasteiger partial charge on any atom is -0.444 e. The Balaban J connectivity index is 1.56. The van der Waals surface area contributed by atoms with Crippen molar-refractivity contribution in [3.05, 3.63) is 39.7 Å². The summed E-state index contributed by atoms with van der Waals surface area (Å²) in [6.07, 6.45) is -0.783. The maximum Gasteiger partial charge on any atom is 0.193 e. The Morgan fingerprint density at radius 2 is 2.00 bits per heavy atom. The van der Waals surface area contributed by atoms with Gasteiger partial charge in [-0.2, -0.15) is 0 Å². The van der Waals surface area contributed by atoms with Crippen molar-refractivity contribution in [1.82, 2.24) is 9.80 Å². The number of hydrogen-bond acceptors (Lipinski definition) is 7. The summed E-state index contributed by atoms with van der Waals surface area (Å²) in [4.78, 5) is 9.66. The number of ether oxygens (including phenoxy) is 2. The Labute approximate surface area is 186 Å². The lowest BCUT2D eigenvalue weighted by molar-refractivity contribution is -0.153. The molecular formula is C22H28ClN3O3S. The lowest BCUT2D eigenvalue weighted by atomic mass is 9.91. The van der Waals surface area contributed by atoms with Gasteiger partial charge in [0.15, 0.2) is 17.1 Å². The SMILES string of the molecule is COC(O)C(C)(C)CN1CCN(C2=Nc3ccc(C)cc3Oc3sc(Cl)cc32)CC1. The third kappa shape index (κ3) is 4.36. The molecule has 0 spiro atoms. The van der Waals surface area contributed by atoms with Gasteiger partial charge in [-0.25, -0.2) is 4.99 Å². The van der Waals surface area contributed by atoms with Gasteiger partial charge in [-0.3, -0.25) is 4.90 Å². The van der Waals surface area contributed by atoms with Crippen LogP contribution in [0, 0.1) is 12.3 Å². The number of thiophene rings is 1. The first-order chi connectivity index (χ1) is 14.3. The number of fused-ring (bicyclic) bond motifs is 2. The molecular weight excluding hydrogens is 422 g/mol. The monoisotopic (exact) mass is 449 g/mol. The fraction of sp³-hybridized carbons (Fsp3) is 0.500. The molecule has 2 aliphatic rings. The van der Waals surface area contributed by atoms with Gasteiger partial charge in [0.1, 0.15) is 11.5 Å². The van der Waals surface area contributed by atoms with Crippen LogP contribution in [0.25, 0.3) is 0 Å². The molecule has 4 rings (SSSR count). The van der Waals surface area contributed by atoms with E-state index in [1.807, 2.05) is 39.0 Å². The van der Waals surface area contributed by atoms with Gasteiger partial charge in [0.2, 0.25) is 0 Å². The highest BCUT2D eigenvalue weighted by molar-refractivity contribution is 7.18. The second kappa shape index (κ2) is 8.48. The highest BCUT2D eigenvalue weighted by atomic mass is 35.5. The van der Waals surface area contributed by atoms with E-state index in [-0.39, 0.29) is 5.41 Å². The van der Waals surface area contributed by atoms with E-state index < -0.39 is 6.29 Å². The predicted molar refractivity (Wildman–Crippen MR) is 122 cm³/mol. The largest absolute Gasteiger partial charge is 0.444 e. The topological polar surface area (TPSA) is 57.5 Å². The first-order valence-electron chi connectivity index (χ1n) is 10.1. The molecule has 0 saturated carbocycles. The third-order valence-electron chi connectivity index (χ3n) is 5.65. The van der Waals surface area contributed by atoms with Crippen molar-refractivity contribution >= 4 is 34.5 Å². The number of aryl methyl sites for hydroxylation is 1. The van der Waals surface area contributed by atoms with Gasteiger partial charge in [0, 0.05) is 45.2 Å². The lowest BCUT2D eigenvalue weighted by Gasteiger charge is -2.40. The van der Waals surface area contributed by atoms with Crippen molar-refractivity contribution in [2.75, 3.05) is 39.8 Å². The fourth-order valence-corrected chi connectivity index (χ4v) is 5.04. The Hall–Kier alpha value is -1.64. The number of aliphatic hydroxyl groups is 1. The van der Waals surface area contributed by atoms with Crippen LogP contribution in [0.3, 0.4) is 0 Å². The highest BCUT2D eigenvalue weighted by Gasteiger charge is 2.33. The van der Waals surface area contributed by atoms with Crippen LogP contribution in [-0.2, 0) is 4.74 Å². The van der Waals surface area contributed by atoms with Crippen LogP contribution in [0.4, 0.5) is 5.69 Å². The highest BCUT2D eigenvalue weighted by Crippen LogP contribution is 2.44. The number of hydrogen-bond donors (Lipinski definition) is 1. The average molecular weight is 450 g/mol. The summed E-state index contributed by atoms with van der Waals surface area (Å²) in [5.74, 6) is 1.67. The summed E-state index contributed by atoms with van der Waals surface area (Å²) >= 11 is 7.77. The fourth-order valence-electron chi connectivity index (χ4n) is 3.98. The first-order valence-corrected chi connectivity index (χ1v) is 11.3.